The van der Waals surface area contributed by atoms with Crippen LogP contribution in [0.25, 0.3) is 5.70 Å². The summed E-state index contributed by atoms with van der Waals surface area (Å²) in [6, 6.07) is 6.44. The van der Waals surface area contributed by atoms with Crippen LogP contribution in [0.2, 0.25) is 0 Å². The number of alkyl halides is 3. The summed E-state index contributed by atoms with van der Waals surface area (Å²) in [6.45, 7) is 0. The van der Waals surface area contributed by atoms with E-state index >= 15 is 0 Å². The quantitative estimate of drug-likeness (QED) is 0.832. The number of aromatic amines is 1. The summed E-state index contributed by atoms with van der Waals surface area (Å²) in [5.74, 6) is -1.53. The molecular formula is C18H15F4N5. The first-order valence-corrected chi connectivity index (χ1v) is 8.20. The maximum absolute atomic E-state index is 14.1. The van der Waals surface area contributed by atoms with Crippen LogP contribution < -0.4 is 0 Å². The zero-order chi connectivity index (χ0) is 19.2. The van der Waals surface area contributed by atoms with E-state index in [1.807, 2.05) is 22.3 Å². The van der Waals surface area contributed by atoms with E-state index in [1.165, 1.54) is 6.07 Å². The predicted molar refractivity (Wildman–Crippen MR) is 90.1 cm³/mol. The number of halogens is 4. The highest BCUT2D eigenvalue weighted by molar-refractivity contribution is 5.68. The Morgan fingerprint density at radius 1 is 1.19 bits per heavy atom. The molecule has 2 aliphatic rings. The van der Waals surface area contributed by atoms with Crippen molar-refractivity contribution in [2.24, 2.45) is 0 Å². The molecule has 2 aliphatic heterocycles. The first-order chi connectivity index (χ1) is 12.9. The zero-order valence-corrected chi connectivity index (χ0v) is 14.2. The topological polar surface area (TPSA) is 48.1 Å². The van der Waals surface area contributed by atoms with Crippen molar-refractivity contribution >= 4 is 5.70 Å². The molecule has 5 nitrogen and oxygen atoms in total. The molecule has 0 saturated carbocycles. The van der Waals surface area contributed by atoms with E-state index in [9.17, 15) is 17.6 Å². The van der Waals surface area contributed by atoms with Gasteiger partial charge in [0, 0.05) is 19.7 Å². The van der Waals surface area contributed by atoms with E-state index in [1.54, 1.807) is 42.3 Å². The minimum atomic E-state index is -4.61. The van der Waals surface area contributed by atoms with Crippen molar-refractivity contribution in [3.63, 3.8) is 0 Å². The van der Waals surface area contributed by atoms with Crippen molar-refractivity contribution in [2.75, 3.05) is 7.05 Å². The Morgan fingerprint density at radius 2 is 1.96 bits per heavy atom. The molecule has 2 aromatic rings. The lowest BCUT2D eigenvalue weighted by Crippen LogP contribution is -2.37. The van der Waals surface area contributed by atoms with E-state index < -0.39 is 12.0 Å². The first kappa shape index (κ1) is 17.3. The van der Waals surface area contributed by atoms with Crippen LogP contribution in [-0.4, -0.2) is 38.2 Å². The van der Waals surface area contributed by atoms with Gasteiger partial charge >= 0.3 is 6.18 Å². The molecule has 1 N–H and O–H groups in total. The number of hydrogen-bond donors (Lipinski definition) is 1. The molecule has 0 amide bonds. The fraction of sp³-hybridized carbons (Fsp3) is 0.222. The van der Waals surface area contributed by atoms with Gasteiger partial charge in [0.25, 0.3) is 0 Å². The molecular weight excluding hydrogens is 362 g/mol. The maximum Gasteiger partial charge on any atom is 0.451 e. The van der Waals surface area contributed by atoms with Gasteiger partial charge in [-0.1, -0.05) is 24.3 Å². The van der Waals surface area contributed by atoms with Gasteiger partial charge in [0.2, 0.25) is 5.82 Å². The Bertz CT molecular complexity index is 957. The van der Waals surface area contributed by atoms with Gasteiger partial charge in [0.05, 0.1) is 5.70 Å². The number of aromatic nitrogens is 3. The van der Waals surface area contributed by atoms with Gasteiger partial charge in [0.15, 0.2) is 5.82 Å². The number of H-pyrrole nitrogens is 1. The van der Waals surface area contributed by atoms with Gasteiger partial charge in [-0.2, -0.15) is 18.3 Å². The number of rotatable bonds is 3. The van der Waals surface area contributed by atoms with E-state index in [2.05, 4.69) is 10.1 Å². The van der Waals surface area contributed by atoms with Crippen LogP contribution in [0.5, 0.6) is 0 Å². The lowest BCUT2D eigenvalue weighted by molar-refractivity contribution is -0.144. The second kappa shape index (κ2) is 6.26. The molecule has 27 heavy (non-hydrogen) atoms. The van der Waals surface area contributed by atoms with Gasteiger partial charge in [-0.25, -0.2) is 9.37 Å². The summed E-state index contributed by atoms with van der Waals surface area (Å²) in [5, 5.41) is 5.70. The third kappa shape index (κ3) is 2.98. The highest BCUT2D eigenvalue weighted by Crippen LogP contribution is 2.38. The van der Waals surface area contributed by atoms with Gasteiger partial charge in [-0.15, -0.1) is 0 Å². The molecule has 1 atom stereocenters. The third-order valence-electron chi connectivity index (χ3n) is 4.58. The molecule has 1 aromatic heterocycles. The number of likely N-dealkylation sites (N-methyl/N-ethyl adjacent to an activating group) is 1. The summed E-state index contributed by atoms with van der Waals surface area (Å²) in [6.07, 6.45) is 2.59. The molecule has 140 valence electrons. The Labute approximate surface area is 152 Å². The Morgan fingerprint density at radius 3 is 2.67 bits per heavy atom. The lowest BCUT2D eigenvalue weighted by Gasteiger charge is -2.30. The lowest BCUT2D eigenvalue weighted by atomic mass is 10.1. The van der Waals surface area contributed by atoms with E-state index in [0.717, 1.165) is 0 Å². The van der Waals surface area contributed by atoms with Crippen molar-refractivity contribution in [2.45, 2.75) is 18.8 Å². The highest BCUT2D eigenvalue weighted by Gasteiger charge is 2.40. The monoisotopic (exact) mass is 377 g/mol. The maximum atomic E-state index is 14.1. The molecule has 9 heteroatoms. The van der Waals surface area contributed by atoms with Crippen LogP contribution in [0.4, 0.5) is 17.6 Å². The highest BCUT2D eigenvalue weighted by atomic mass is 19.4. The third-order valence-corrected chi connectivity index (χ3v) is 4.58. The minimum absolute atomic E-state index is 0.0548. The molecule has 0 spiro atoms. The molecule has 0 radical (unpaired) electrons. The van der Waals surface area contributed by atoms with Crippen molar-refractivity contribution in [1.29, 1.82) is 0 Å². The summed E-state index contributed by atoms with van der Waals surface area (Å²) in [5.41, 5.74) is 1.63. The first-order valence-electron chi connectivity index (χ1n) is 8.20. The molecule has 0 fully saturated rings. The standard InChI is InChI=1S/C18H15F4N5/c1-26-14(10-11-6-2-3-7-12(11)19)27-9-5-4-8-13(27)15(26)16-23-17(25-24-16)18(20,21)22/h2-9,14H,10H2,1H3,(H,23,24,25). The molecule has 0 saturated heterocycles. The Balaban J connectivity index is 1.71. The predicted octanol–water partition coefficient (Wildman–Crippen LogP) is 3.53. The van der Waals surface area contributed by atoms with Crippen LogP contribution in [0.1, 0.15) is 17.2 Å². The van der Waals surface area contributed by atoms with E-state index in [0.29, 0.717) is 23.4 Å². The number of nitrogens with one attached hydrogen (secondary N) is 1. The van der Waals surface area contributed by atoms with Gasteiger partial charge in [-0.05, 0) is 23.8 Å². The van der Waals surface area contributed by atoms with E-state index in [-0.39, 0.29) is 17.8 Å². The number of allylic oxidation sites excluding steroid dienone is 3. The second-order valence-corrected chi connectivity index (χ2v) is 6.23. The van der Waals surface area contributed by atoms with Gasteiger partial charge in [0.1, 0.15) is 17.7 Å². The van der Waals surface area contributed by atoms with Crippen LogP contribution in [0.3, 0.4) is 0 Å². The molecule has 1 unspecified atom stereocenters. The van der Waals surface area contributed by atoms with Crippen LogP contribution in [-0.2, 0) is 12.6 Å². The second-order valence-electron chi connectivity index (χ2n) is 6.23. The molecule has 4 rings (SSSR count). The summed E-state index contributed by atoms with van der Waals surface area (Å²) < 4.78 is 52.8. The van der Waals surface area contributed by atoms with Crippen molar-refractivity contribution in [3.8, 4) is 0 Å². The largest absolute Gasteiger partial charge is 0.451 e. The fourth-order valence-corrected chi connectivity index (χ4v) is 3.30. The van der Waals surface area contributed by atoms with Gasteiger partial charge < -0.3 is 9.80 Å². The fourth-order valence-electron chi connectivity index (χ4n) is 3.30. The average molecular weight is 377 g/mol. The van der Waals surface area contributed by atoms with Crippen LogP contribution in [0.15, 0.2) is 54.4 Å². The number of fused-ring (bicyclic) bond motifs is 1. The van der Waals surface area contributed by atoms with Gasteiger partial charge in [-0.3, -0.25) is 5.10 Å². The summed E-state index contributed by atoms with van der Waals surface area (Å²) in [7, 11) is 1.73. The summed E-state index contributed by atoms with van der Waals surface area (Å²) >= 11 is 0. The Hall–Kier alpha value is -3.10. The smallest absolute Gasteiger partial charge is 0.349 e. The number of nitrogens with zero attached hydrogens (tertiary/aromatic N) is 4. The average Bonchev–Trinajstić information content (AvgIpc) is 3.21. The summed E-state index contributed by atoms with van der Waals surface area (Å²) in [4.78, 5) is 7.26. The normalized spacial score (nSPS) is 19.2. The minimum Gasteiger partial charge on any atom is -0.349 e. The van der Waals surface area contributed by atoms with Crippen molar-refractivity contribution < 1.29 is 17.6 Å². The molecule has 1 aromatic carbocycles. The molecule has 0 aliphatic carbocycles. The van der Waals surface area contributed by atoms with Crippen LogP contribution >= 0.6 is 0 Å². The van der Waals surface area contributed by atoms with E-state index in [4.69, 9.17) is 0 Å². The number of hydrogen-bond acceptors (Lipinski definition) is 4. The SMILES string of the molecule is CN1C(c2n[nH]c(C(F)(F)F)n2)=C2C=CC=CN2C1Cc1ccccc1F. The van der Waals surface area contributed by atoms with Crippen molar-refractivity contribution in [1.82, 2.24) is 25.0 Å². The van der Waals surface area contributed by atoms with Crippen LogP contribution in [0, 0.1) is 5.82 Å². The molecule has 0 bridgehead atoms. The molecule has 3 heterocycles. The number of benzene rings is 1. The zero-order valence-electron chi connectivity index (χ0n) is 14.2. The Kier molecular flexibility index (Phi) is 4.01. The van der Waals surface area contributed by atoms with Crippen molar-refractivity contribution in [3.05, 3.63) is 77.4 Å².